The van der Waals surface area contributed by atoms with Gasteiger partial charge in [-0.15, -0.1) is 11.3 Å². The number of hydrogen-bond donors (Lipinski definition) is 3. The van der Waals surface area contributed by atoms with Gasteiger partial charge in [0, 0.05) is 11.8 Å². The molecule has 0 aliphatic carbocycles. The first-order valence-corrected chi connectivity index (χ1v) is 11.9. The Labute approximate surface area is 208 Å². The molecule has 2 aromatic carbocycles. The van der Waals surface area contributed by atoms with Gasteiger partial charge in [0.1, 0.15) is 25.3 Å². The van der Waals surface area contributed by atoms with E-state index in [0.29, 0.717) is 30.3 Å². The van der Waals surface area contributed by atoms with E-state index in [4.69, 9.17) is 14.6 Å². The summed E-state index contributed by atoms with van der Waals surface area (Å²) in [5.74, 6) is -1.49. The molecule has 0 radical (unpaired) electrons. The Hall–Kier alpha value is -4.45. The van der Waals surface area contributed by atoms with E-state index in [1.165, 1.54) is 5.38 Å². The van der Waals surface area contributed by atoms with E-state index in [1.807, 2.05) is 6.07 Å². The molecule has 36 heavy (non-hydrogen) atoms. The van der Waals surface area contributed by atoms with Crippen molar-refractivity contribution in [2.45, 2.75) is 18.5 Å². The quantitative estimate of drug-likeness (QED) is 0.413. The molecule has 2 atom stereocenters. The zero-order chi connectivity index (χ0) is 25.2. The number of urea groups is 1. The maximum absolute atomic E-state index is 13.5. The molecule has 12 heteroatoms. The van der Waals surface area contributed by atoms with Crippen LogP contribution in [0.1, 0.15) is 27.7 Å². The molecule has 1 saturated heterocycles. The normalized spacial score (nSPS) is 17.4. The van der Waals surface area contributed by atoms with E-state index >= 15 is 0 Å². The maximum atomic E-state index is 13.5. The van der Waals surface area contributed by atoms with Crippen molar-refractivity contribution in [2.75, 3.05) is 18.5 Å². The van der Waals surface area contributed by atoms with Crippen molar-refractivity contribution in [1.29, 1.82) is 0 Å². The highest BCUT2D eigenvalue weighted by Gasteiger charge is 2.45. The smallest absolute Gasteiger partial charge is 0.355 e. The number of aromatic carboxylic acids is 1. The molecule has 0 saturated carbocycles. The standard InChI is InChI=1S/C24H20N4O7S/c29-20(27-23-25-15(12-36-23)22(31)32)16(10-13-4-2-1-3-5-13)28-21(30)19(26-24(28)33)14-6-7-17-18(11-14)35-9-8-34-17/h1-7,11-12,16,19H,8-10H2,(H,26,33)(H,31,32)(H,25,27,29)/t16-,19?/m0/s1. The Balaban J connectivity index is 1.42. The van der Waals surface area contributed by atoms with E-state index in [-0.39, 0.29) is 17.2 Å². The summed E-state index contributed by atoms with van der Waals surface area (Å²) in [6.07, 6.45) is 0.0524. The summed E-state index contributed by atoms with van der Waals surface area (Å²) in [6, 6.07) is 11.0. The molecule has 3 N–H and O–H groups in total. The zero-order valence-electron chi connectivity index (χ0n) is 18.7. The third kappa shape index (κ3) is 4.58. The molecule has 1 unspecified atom stereocenters. The Morgan fingerprint density at radius 2 is 1.89 bits per heavy atom. The molecule has 2 aliphatic rings. The van der Waals surface area contributed by atoms with Gasteiger partial charge in [0.15, 0.2) is 22.3 Å². The SMILES string of the molecule is O=C(O)c1csc(NC(=O)[C@H](Cc2ccccc2)N2C(=O)NC(c3ccc4c(c3)OCCO4)C2=O)n1. The van der Waals surface area contributed by atoms with Crippen LogP contribution in [-0.4, -0.2) is 58.1 Å². The van der Waals surface area contributed by atoms with E-state index in [1.54, 1.807) is 42.5 Å². The number of ether oxygens (including phenoxy) is 2. The van der Waals surface area contributed by atoms with Gasteiger partial charge < -0.3 is 25.2 Å². The fraction of sp³-hybridized carbons (Fsp3) is 0.208. The van der Waals surface area contributed by atoms with Gasteiger partial charge in [-0.1, -0.05) is 36.4 Å². The largest absolute Gasteiger partial charge is 0.486 e. The number of thiazole rings is 1. The van der Waals surface area contributed by atoms with Gasteiger partial charge in [-0.3, -0.25) is 9.59 Å². The summed E-state index contributed by atoms with van der Waals surface area (Å²) in [5.41, 5.74) is 1.000. The minimum Gasteiger partial charge on any atom is -0.486 e. The Bertz CT molecular complexity index is 1340. The van der Waals surface area contributed by atoms with Crippen LogP contribution >= 0.6 is 11.3 Å². The number of hydrogen-bond acceptors (Lipinski definition) is 8. The van der Waals surface area contributed by atoms with Crippen LogP contribution < -0.4 is 20.1 Å². The molecule has 184 valence electrons. The number of aromatic nitrogens is 1. The van der Waals surface area contributed by atoms with Gasteiger partial charge in [0.2, 0.25) is 5.91 Å². The van der Waals surface area contributed by atoms with Gasteiger partial charge in [0.05, 0.1) is 0 Å². The number of anilines is 1. The molecule has 11 nitrogen and oxygen atoms in total. The summed E-state index contributed by atoms with van der Waals surface area (Å²) in [6.45, 7) is 0.787. The average molecular weight is 509 g/mol. The van der Waals surface area contributed by atoms with Gasteiger partial charge in [-0.2, -0.15) is 0 Å². The highest BCUT2D eigenvalue weighted by atomic mass is 32.1. The summed E-state index contributed by atoms with van der Waals surface area (Å²) in [4.78, 5) is 55.7. The van der Waals surface area contributed by atoms with Crippen molar-refractivity contribution in [2.24, 2.45) is 0 Å². The van der Waals surface area contributed by atoms with Crippen LogP contribution in [0, 0.1) is 0 Å². The lowest BCUT2D eigenvalue weighted by molar-refractivity contribution is -0.134. The second-order valence-electron chi connectivity index (χ2n) is 8.03. The fourth-order valence-corrected chi connectivity index (χ4v) is 4.70. The number of fused-ring (bicyclic) bond motifs is 1. The van der Waals surface area contributed by atoms with Gasteiger partial charge in [-0.25, -0.2) is 19.5 Å². The number of nitrogens with one attached hydrogen (secondary N) is 2. The van der Waals surface area contributed by atoms with Crippen LogP contribution in [-0.2, 0) is 16.0 Å². The number of rotatable bonds is 7. The summed E-state index contributed by atoms with van der Waals surface area (Å²) >= 11 is 0.931. The summed E-state index contributed by atoms with van der Waals surface area (Å²) < 4.78 is 11.1. The van der Waals surface area contributed by atoms with Crippen LogP contribution in [0.5, 0.6) is 11.5 Å². The van der Waals surface area contributed by atoms with Crippen LogP contribution in [0.15, 0.2) is 53.9 Å². The van der Waals surface area contributed by atoms with Crippen molar-refractivity contribution in [3.63, 3.8) is 0 Å². The molecular weight excluding hydrogens is 488 g/mol. The van der Waals surface area contributed by atoms with E-state index < -0.39 is 35.9 Å². The van der Waals surface area contributed by atoms with E-state index in [2.05, 4.69) is 15.6 Å². The van der Waals surface area contributed by atoms with Gasteiger partial charge in [-0.05, 0) is 23.3 Å². The minimum atomic E-state index is -1.23. The third-order valence-electron chi connectivity index (χ3n) is 5.71. The molecule has 1 fully saturated rings. The monoisotopic (exact) mass is 508 g/mol. The second kappa shape index (κ2) is 9.66. The molecule has 4 amide bonds. The predicted octanol–water partition coefficient (Wildman–Crippen LogP) is 2.46. The number of carbonyl (C=O) groups excluding carboxylic acids is 3. The number of imide groups is 1. The van der Waals surface area contributed by atoms with Crippen molar-refractivity contribution >= 4 is 40.3 Å². The molecule has 0 spiro atoms. The summed E-state index contributed by atoms with van der Waals surface area (Å²) in [5, 5.41) is 15.6. The molecule has 1 aromatic heterocycles. The number of nitrogens with zero attached hydrogens (tertiary/aromatic N) is 2. The third-order valence-corrected chi connectivity index (χ3v) is 6.47. The minimum absolute atomic E-state index is 0.0471. The first-order valence-electron chi connectivity index (χ1n) is 11.0. The fourth-order valence-electron chi connectivity index (χ4n) is 4.01. The highest BCUT2D eigenvalue weighted by Crippen LogP contribution is 2.35. The first-order chi connectivity index (χ1) is 17.4. The van der Waals surface area contributed by atoms with E-state index in [9.17, 15) is 19.2 Å². The Morgan fingerprint density at radius 1 is 1.14 bits per heavy atom. The molecule has 3 aromatic rings. The Kier molecular flexibility index (Phi) is 6.25. The number of benzene rings is 2. The highest BCUT2D eigenvalue weighted by molar-refractivity contribution is 7.14. The molecule has 5 rings (SSSR count). The number of carbonyl (C=O) groups is 4. The van der Waals surface area contributed by atoms with Crippen molar-refractivity contribution in [3.8, 4) is 11.5 Å². The lowest BCUT2D eigenvalue weighted by atomic mass is 10.0. The van der Waals surface area contributed by atoms with Crippen molar-refractivity contribution in [1.82, 2.24) is 15.2 Å². The molecular formula is C24H20N4O7S. The van der Waals surface area contributed by atoms with Crippen molar-refractivity contribution in [3.05, 3.63) is 70.7 Å². The van der Waals surface area contributed by atoms with E-state index in [0.717, 1.165) is 21.8 Å². The molecule has 0 bridgehead atoms. The number of carboxylic acid groups (broad SMARTS) is 1. The zero-order valence-corrected chi connectivity index (χ0v) is 19.5. The van der Waals surface area contributed by atoms with Gasteiger partial charge >= 0.3 is 12.0 Å². The number of amides is 4. The lowest BCUT2D eigenvalue weighted by Gasteiger charge is -2.24. The maximum Gasteiger partial charge on any atom is 0.355 e. The molecule has 2 aliphatic heterocycles. The summed E-state index contributed by atoms with van der Waals surface area (Å²) in [7, 11) is 0. The van der Waals surface area contributed by atoms with Crippen molar-refractivity contribution < 1.29 is 33.8 Å². The average Bonchev–Trinajstić information content (AvgIpc) is 3.47. The Morgan fingerprint density at radius 3 is 2.61 bits per heavy atom. The van der Waals surface area contributed by atoms with Gasteiger partial charge in [0.25, 0.3) is 5.91 Å². The predicted molar refractivity (Wildman–Crippen MR) is 127 cm³/mol. The van der Waals surface area contributed by atoms with Crippen LogP contribution in [0.2, 0.25) is 0 Å². The number of carboxylic acids is 1. The lowest BCUT2D eigenvalue weighted by Crippen LogP contribution is -2.49. The first kappa shape index (κ1) is 23.3. The second-order valence-corrected chi connectivity index (χ2v) is 8.89. The molecule has 3 heterocycles. The van der Waals surface area contributed by atoms with Crippen LogP contribution in [0.3, 0.4) is 0 Å². The topological polar surface area (TPSA) is 147 Å². The van der Waals surface area contributed by atoms with Crippen LogP contribution in [0.25, 0.3) is 0 Å². The van der Waals surface area contributed by atoms with Crippen LogP contribution in [0.4, 0.5) is 9.93 Å².